The summed E-state index contributed by atoms with van der Waals surface area (Å²) in [6.07, 6.45) is 3.03. The smallest absolute Gasteiger partial charge is 0.167 e. The van der Waals surface area contributed by atoms with Gasteiger partial charge in [-0.05, 0) is 12.8 Å². The molecule has 0 aromatic carbocycles. The van der Waals surface area contributed by atoms with Gasteiger partial charge in [0.15, 0.2) is 11.5 Å². The van der Waals surface area contributed by atoms with Crippen molar-refractivity contribution >= 4 is 17.0 Å². The van der Waals surface area contributed by atoms with Crippen molar-refractivity contribution in [2.75, 3.05) is 19.3 Å². The third-order valence-corrected chi connectivity index (χ3v) is 4.73. The average molecular weight is 332 g/mol. The van der Waals surface area contributed by atoms with E-state index >= 15 is 0 Å². The molecule has 0 amide bonds. The highest BCUT2D eigenvalue weighted by molar-refractivity contribution is 5.81. The van der Waals surface area contributed by atoms with Gasteiger partial charge in [-0.2, -0.15) is 0 Å². The summed E-state index contributed by atoms with van der Waals surface area (Å²) in [4.78, 5) is 14.3. The number of aliphatic hydroxyl groups excluding tert-OH is 2. The Balaban J connectivity index is 1.64. The molecule has 0 unspecified atom stereocenters. The van der Waals surface area contributed by atoms with E-state index in [-0.39, 0.29) is 5.76 Å². The van der Waals surface area contributed by atoms with Gasteiger partial charge in [-0.3, -0.25) is 4.57 Å². The molecule has 2 aliphatic heterocycles. The normalized spacial score (nSPS) is 29.6. The van der Waals surface area contributed by atoms with Crippen LogP contribution >= 0.6 is 0 Å². The van der Waals surface area contributed by atoms with E-state index in [9.17, 15) is 10.2 Å². The molecule has 2 aromatic heterocycles. The molecule has 4 rings (SSSR count). The van der Waals surface area contributed by atoms with Gasteiger partial charge in [0.25, 0.3) is 0 Å². The molecule has 0 aliphatic carbocycles. The summed E-state index contributed by atoms with van der Waals surface area (Å²) in [7, 11) is 1.93. The lowest BCUT2D eigenvalue weighted by molar-refractivity contribution is -0.0184. The predicted octanol–water partition coefficient (Wildman–Crippen LogP) is 0.552. The van der Waals surface area contributed by atoms with Gasteiger partial charge in [0.05, 0.1) is 18.1 Å². The molecule has 2 aromatic rings. The largest absolute Gasteiger partial charge is 0.508 e. The Kier molecular flexibility index (Phi) is 3.54. The first kappa shape index (κ1) is 15.2. The van der Waals surface area contributed by atoms with Gasteiger partial charge in [-0.15, -0.1) is 0 Å². The minimum Gasteiger partial charge on any atom is -0.508 e. The molecule has 0 radical (unpaired) electrons. The average Bonchev–Trinajstić information content (AvgIpc) is 3.25. The van der Waals surface area contributed by atoms with E-state index in [1.165, 1.54) is 6.33 Å². The topological polar surface area (TPSA) is 123 Å². The molecule has 2 fully saturated rings. The van der Waals surface area contributed by atoms with E-state index < -0.39 is 18.4 Å². The molecule has 0 spiro atoms. The highest BCUT2D eigenvalue weighted by Crippen LogP contribution is 2.36. The number of imidazole rings is 1. The maximum atomic E-state index is 10.5. The van der Waals surface area contributed by atoms with Crippen LogP contribution < -0.4 is 5.73 Å². The lowest BCUT2D eigenvalue weighted by Gasteiger charge is -2.20. The molecule has 9 nitrogen and oxygen atoms in total. The summed E-state index contributed by atoms with van der Waals surface area (Å²) in [5.74, 6) is 0.412. The number of nitrogens with zero attached hydrogens (tertiary/aromatic N) is 5. The second-order valence-corrected chi connectivity index (χ2v) is 6.25. The Bertz CT molecular complexity index is 804. The first-order valence-electron chi connectivity index (χ1n) is 7.96. The van der Waals surface area contributed by atoms with Gasteiger partial charge in [0.2, 0.25) is 0 Å². The molecular formula is C15H20N6O3. The van der Waals surface area contributed by atoms with E-state index in [4.69, 9.17) is 10.5 Å². The van der Waals surface area contributed by atoms with Crippen molar-refractivity contribution in [1.29, 1.82) is 0 Å². The number of allylic oxidation sites excluding steroid dienone is 1. The Morgan fingerprint density at radius 1 is 1.38 bits per heavy atom. The summed E-state index contributed by atoms with van der Waals surface area (Å²) < 4.78 is 7.64. The van der Waals surface area contributed by atoms with Crippen molar-refractivity contribution in [3.8, 4) is 0 Å². The molecule has 4 heterocycles. The zero-order valence-corrected chi connectivity index (χ0v) is 13.3. The third-order valence-electron chi connectivity index (χ3n) is 4.73. The van der Waals surface area contributed by atoms with Crippen LogP contribution in [0.5, 0.6) is 0 Å². The molecule has 2 aliphatic rings. The second-order valence-electron chi connectivity index (χ2n) is 6.25. The lowest BCUT2D eigenvalue weighted by atomic mass is 10.1. The van der Waals surface area contributed by atoms with Gasteiger partial charge >= 0.3 is 0 Å². The van der Waals surface area contributed by atoms with Crippen LogP contribution in [-0.2, 0) is 4.74 Å². The lowest BCUT2D eigenvalue weighted by Crippen LogP contribution is -2.26. The van der Waals surface area contributed by atoms with E-state index in [2.05, 4.69) is 15.0 Å². The van der Waals surface area contributed by atoms with Crippen molar-refractivity contribution in [2.45, 2.75) is 37.7 Å². The number of hydrogen-bond acceptors (Lipinski definition) is 8. The van der Waals surface area contributed by atoms with E-state index in [1.54, 1.807) is 10.9 Å². The van der Waals surface area contributed by atoms with Gasteiger partial charge in [-0.25, -0.2) is 15.0 Å². The summed E-state index contributed by atoms with van der Waals surface area (Å²) in [6.45, 7) is 0.897. The first-order chi connectivity index (χ1) is 11.6. The van der Waals surface area contributed by atoms with Crippen molar-refractivity contribution < 1.29 is 14.9 Å². The van der Waals surface area contributed by atoms with Crippen LogP contribution in [0.4, 0.5) is 5.82 Å². The standard InChI is InChI=1S/C15H20N6O3/c1-20-4-2-3-8(20)12(23)13-9(22)5-10(24-13)21-7-19-11-14(16)17-6-18-15(11)21/h6-7,9-10,13,22-23H,2-5H2,1H3,(H2,16,17,18)/t9-,10+,13-/m0/s1. The Morgan fingerprint density at radius 3 is 2.96 bits per heavy atom. The molecule has 0 bridgehead atoms. The Labute approximate surface area is 138 Å². The number of anilines is 1. The van der Waals surface area contributed by atoms with Crippen molar-refractivity contribution in [1.82, 2.24) is 24.4 Å². The summed E-state index contributed by atoms with van der Waals surface area (Å²) in [5, 5.41) is 20.9. The highest BCUT2D eigenvalue weighted by atomic mass is 16.5. The zero-order valence-electron chi connectivity index (χ0n) is 13.3. The van der Waals surface area contributed by atoms with Crippen LogP contribution in [0.2, 0.25) is 0 Å². The molecular weight excluding hydrogens is 312 g/mol. The van der Waals surface area contributed by atoms with Crippen LogP contribution in [0.25, 0.3) is 11.2 Å². The van der Waals surface area contributed by atoms with Crippen LogP contribution in [0, 0.1) is 0 Å². The maximum Gasteiger partial charge on any atom is 0.167 e. The predicted molar refractivity (Wildman–Crippen MR) is 85.8 cm³/mol. The molecule has 4 N–H and O–H groups in total. The van der Waals surface area contributed by atoms with E-state index in [0.29, 0.717) is 23.4 Å². The molecule has 2 saturated heterocycles. The van der Waals surface area contributed by atoms with Gasteiger partial charge in [-0.1, -0.05) is 0 Å². The minimum absolute atomic E-state index is 0.114. The summed E-state index contributed by atoms with van der Waals surface area (Å²) in [6, 6.07) is 0. The number of rotatable bonds is 2. The summed E-state index contributed by atoms with van der Waals surface area (Å²) >= 11 is 0. The fraction of sp³-hybridized carbons (Fsp3) is 0.533. The monoisotopic (exact) mass is 332 g/mol. The SMILES string of the molecule is CN1CCCC1=C(O)[C@H]1O[C@@H](n2cnc3c(N)ncnc32)C[C@@H]1O. The zero-order chi connectivity index (χ0) is 16.8. The van der Waals surface area contributed by atoms with Crippen molar-refractivity contribution in [3.63, 3.8) is 0 Å². The molecule has 3 atom stereocenters. The first-order valence-corrected chi connectivity index (χ1v) is 7.96. The summed E-state index contributed by atoms with van der Waals surface area (Å²) in [5.41, 5.74) is 7.68. The van der Waals surface area contributed by atoms with E-state index in [0.717, 1.165) is 25.1 Å². The van der Waals surface area contributed by atoms with Crippen molar-refractivity contribution in [2.24, 2.45) is 0 Å². The fourth-order valence-corrected chi connectivity index (χ4v) is 3.45. The second kappa shape index (κ2) is 5.60. The maximum absolute atomic E-state index is 10.5. The minimum atomic E-state index is -0.798. The van der Waals surface area contributed by atoms with Crippen LogP contribution in [0.1, 0.15) is 25.5 Å². The Hall–Kier alpha value is -2.39. The van der Waals surface area contributed by atoms with Crippen molar-refractivity contribution in [3.05, 3.63) is 24.1 Å². The third kappa shape index (κ3) is 2.28. The van der Waals surface area contributed by atoms with Gasteiger partial charge in [0, 0.05) is 20.0 Å². The number of aliphatic hydroxyl groups is 2. The number of nitrogen functional groups attached to an aromatic ring is 1. The number of hydrogen-bond donors (Lipinski definition) is 3. The fourth-order valence-electron chi connectivity index (χ4n) is 3.45. The molecule has 24 heavy (non-hydrogen) atoms. The van der Waals surface area contributed by atoms with Crippen LogP contribution in [0.3, 0.4) is 0 Å². The number of fused-ring (bicyclic) bond motifs is 1. The van der Waals surface area contributed by atoms with Gasteiger partial charge < -0.3 is 25.6 Å². The number of ether oxygens (including phenoxy) is 1. The van der Waals surface area contributed by atoms with E-state index in [1.807, 2.05) is 11.9 Å². The van der Waals surface area contributed by atoms with Crippen LogP contribution in [0.15, 0.2) is 24.1 Å². The Morgan fingerprint density at radius 2 is 2.21 bits per heavy atom. The van der Waals surface area contributed by atoms with Gasteiger partial charge in [0.1, 0.15) is 29.9 Å². The molecule has 0 saturated carbocycles. The van der Waals surface area contributed by atoms with Crippen LogP contribution in [-0.4, -0.2) is 60.4 Å². The highest BCUT2D eigenvalue weighted by Gasteiger charge is 2.40. The number of nitrogens with two attached hydrogens (primary N) is 1. The quantitative estimate of drug-likeness (QED) is 0.682. The number of likely N-dealkylation sites (tertiary alicyclic amines) is 1. The molecule has 128 valence electrons. The molecule has 9 heteroatoms. The number of aromatic nitrogens is 4.